The Bertz CT molecular complexity index is 744. The maximum Gasteiger partial charge on any atom is 0.340 e. The lowest BCUT2D eigenvalue weighted by Crippen LogP contribution is -2.11. The molecule has 0 atom stereocenters. The summed E-state index contributed by atoms with van der Waals surface area (Å²) in [7, 11) is 0. The number of carbonyl (C=O) groups is 1. The van der Waals surface area contributed by atoms with Gasteiger partial charge in [-0.15, -0.1) is 0 Å². The number of nitrogens with zero attached hydrogens (tertiary/aromatic N) is 2. The lowest BCUT2D eigenvalue weighted by Gasteiger charge is -2.12. The Morgan fingerprint density at radius 2 is 2.14 bits per heavy atom. The maximum atomic E-state index is 12.2. The summed E-state index contributed by atoms with van der Waals surface area (Å²) in [5.74, 6) is -0.305. The van der Waals surface area contributed by atoms with Crippen molar-refractivity contribution in [1.29, 1.82) is 0 Å². The molecule has 0 spiro atoms. The molecule has 2 N–H and O–H groups in total. The van der Waals surface area contributed by atoms with Gasteiger partial charge in [0.25, 0.3) is 5.69 Å². The number of hydrogen-bond acceptors (Lipinski definition) is 6. The van der Waals surface area contributed by atoms with Crippen LogP contribution in [-0.4, -0.2) is 22.5 Å². The Labute approximate surface area is 126 Å². The first-order valence-corrected chi connectivity index (χ1v) is 6.63. The van der Waals surface area contributed by atoms with E-state index in [2.05, 4.69) is 4.98 Å². The van der Waals surface area contributed by atoms with Crippen LogP contribution in [0, 0.1) is 17.0 Å². The fourth-order valence-corrected chi connectivity index (χ4v) is 2.17. The Hall–Kier alpha value is -2.96. The summed E-state index contributed by atoms with van der Waals surface area (Å²) in [4.78, 5) is 26.6. The second kappa shape index (κ2) is 6.21. The smallest absolute Gasteiger partial charge is 0.340 e. The van der Waals surface area contributed by atoms with E-state index in [1.165, 1.54) is 18.2 Å². The number of anilines is 1. The van der Waals surface area contributed by atoms with Crippen molar-refractivity contribution in [2.45, 2.75) is 13.8 Å². The predicted octanol–water partition coefficient (Wildman–Crippen LogP) is 2.72. The number of aromatic nitrogens is 1. The summed E-state index contributed by atoms with van der Waals surface area (Å²) < 4.78 is 5.03. The Balaban J connectivity index is 2.66. The molecule has 114 valence electrons. The summed E-state index contributed by atoms with van der Waals surface area (Å²) in [6.07, 6.45) is 0. The van der Waals surface area contributed by atoms with E-state index >= 15 is 0 Å². The zero-order valence-corrected chi connectivity index (χ0v) is 12.2. The number of pyridine rings is 1. The largest absolute Gasteiger partial charge is 0.462 e. The highest BCUT2D eigenvalue weighted by atomic mass is 16.6. The Morgan fingerprint density at radius 1 is 1.41 bits per heavy atom. The summed E-state index contributed by atoms with van der Waals surface area (Å²) in [5.41, 5.74) is 7.32. The molecular formula is C15H15N3O4. The average molecular weight is 301 g/mol. The van der Waals surface area contributed by atoms with Gasteiger partial charge in [0.15, 0.2) is 0 Å². The standard InChI is InChI=1S/C15H15N3O4/c1-3-22-15(19)14-9(2)17-13(16)8-12(14)10-5-4-6-11(7-10)18(20)21/h4-8H,3H2,1-2H3,(H2,16,17). The monoisotopic (exact) mass is 301 g/mol. The Kier molecular flexibility index (Phi) is 4.36. The first kappa shape index (κ1) is 15.4. The zero-order chi connectivity index (χ0) is 16.3. The molecule has 1 aromatic heterocycles. The molecule has 0 radical (unpaired) electrons. The molecule has 0 amide bonds. The summed E-state index contributed by atoms with van der Waals surface area (Å²) in [6, 6.07) is 7.50. The van der Waals surface area contributed by atoms with Crippen LogP contribution in [0.4, 0.5) is 11.5 Å². The number of non-ortho nitro benzene ring substituents is 1. The molecule has 0 aliphatic rings. The summed E-state index contributed by atoms with van der Waals surface area (Å²) in [5, 5.41) is 10.9. The van der Waals surface area contributed by atoms with E-state index in [1.807, 2.05) is 0 Å². The summed E-state index contributed by atoms with van der Waals surface area (Å²) >= 11 is 0. The first-order valence-electron chi connectivity index (χ1n) is 6.63. The van der Waals surface area contributed by atoms with Gasteiger partial charge in [0.2, 0.25) is 0 Å². The van der Waals surface area contributed by atoms with Crippen LogP contribution in [0.3, 0.4) is 0 Å². The van der Waals surface area contributed by atoms with Gasteiger partial charge >= 0.3 is 5.97 Å². The lowest BCUT2D eigenvalue weighted by molar-refractivity contribution is -0.384. The normalized spacial score (nSPS) is 10.3. The van der Waals surface area contributed by atoms with Gasteiger partial charge in [0, 0.05) is 17.7 Å². The highest BCUT2D eigenvalue weighted by Gasteiger charge is 2.20. The third-order valence-corrected chi connectivity index (χ3v) is 3.07. The molecule has 1 heterocycles. The molecule has 22 heavy (non-hydrogen) atoms. The highest BCUT2D eigenvalue weighted by molar-refractivity contribution is 5.99. The van der Waals surface area contributed by atoms with Crippen molar-refractivity contribution in [3.63, 3.8) is 0 Å². The quantitative estimate of drug-likeness (QED) is 0.528. The molecule has 2 rings (SSSR count). The average Bonchev–Trinajstić information content (AvgIpc) is 2.46. The molecule has 7 nitrogen and oxygen atoms in total. The second-order valence-corrected chi connectivity index (χ2v) is 4.58. The number of carbonyl (C=O) groups excluding carboxylic acids is 1. The van der Waals surface area contributed by atoms with Crippen molar-refractivity contribution in [3.8, 4) is 11.1 Å². The minimum atomic E-state index is -0.533. The van der Waals surface area contributed by atoms with Crippen molar-refractivity contribution in [2.75, 3.05) is 12.3 Å². The van der Waals surface area contributed by atoms with E-state index in [0.29, 0.717) is 16.8 Å². The van der Waals surface area contributed by atoms with Crippen LogP contribution in [0.25, 0.3) is 11.1 Å². The number of rotatable bonds is 4. The second-order valence-electron chi connectivity index (χ2n) is 4.58. The van der Waals surface area contributed by atoms with Crippen molar-refractivity contribution in [1.82, 2.24) is 4.98 Å². The van der Waals surface area contributed by atoms with Gasteiger partial charge in [0.1, 0.15) is 5.82 Å². The number of aryl methyl sites for hydroxylation is 1. The molecule has 0 saturated carbocycles. The number of nitro groups is 1. The van der Waals surface area contributed by atoms with Crippen LogP contribution in [-0.2, 0) is 4.74 Å². The van der Waals surface area contributed by atoms with E-state index in [0.717, 1.165) is 0 Å². The molecule has 0 aliphatic heterocycles. The predicted molar refractivity (Wildman–Crippen MR) is 81.4 cm³/mol. The molecule has 0 unspecified atom stereocenters. The van der Waals surface area contributed by atoms with Crippen LogP contribution >= 0.6 is 0 Å². The topological polar surface area (TPSA) is 108 Å². The molecule has 0 fully saturated rings. The third kappa shape index (κ3) is 3.03. The molecule has 0 saturated heterocycles. The number of esters is 1. The van der Waals surface area contributed by atoms with E-state index < -0.39 is 10.9 Å². The van der Waals surface area contributed by atoms with Gasteiger partial charge in [-0.25, -0.2) is 9.78 Å². The van der Waals surface area contributed by atoms with E-state index in [9.17, 15) is 14.9 Å². The minimum Gasteiger partial charge on any atom is -0.462 e. The van der Waals surface area contributed by atoms with E-state index in [4.69, 9.17) is 10.5 Å². The van der Waals surface area contributed by atoms with Crippen molar-refractivity contribution in [3.05, 3.63) is 51.7 Å². The number of ether oxygens (including phenoxy) is 1. The zero-order valence-electron chi connectivity index (χ0n) is 12.2. The van der Waals surface area contributed by atoms with E-state index in [1.54, 1.807) is 26.0 Å². The molecule has 7 heteroatoms. The SMILES string of the molecule is CCOC(=O)c1c(-c2cccc([N+](=O)[O-])c2)cc(N)nc1C. The maximum absolute atomic E-state index is 12.2. The minimum absolute atomic E-state index is 0.0691. The van der Waals surface area contributed by atoms with Crippen molar-refractivity contribution in [2.24, 2.45) is 0 Å². The number of hydrogen-bond donors (Lipinski definition) is 1. The van der Waals surface area contributed by atoms with Gasteiger partial charge in [-0.1, -0.05) is 12.1 Å². The number of benzene rings is 1. The number of nitrogen functional groups attached to an aromatic ring is 1. The fourth-order valence-electron chi connectivity index (χ4n) is 2.17. The number of nitro benzene ring substituents is 1. The molecule has 0 bridgehead atoms. The fraction of sp³-hybridized carbons (Fsp3) is 0.200. The molecule has 2 aromatic rings. The van der Waals surface area contributed by atoms with Gasteiger partial charge < -0.3 is 10.5 Å². The van der Waals surface area contributed by atoms with Gasteiger partial charge in [-0.05, 0) is 25.5 Å². The molecule has 1 aromatic carbocycles. The van der Waals surface area contributed by atoms with Crippen LogP contribution in [0.15, 0.2) is 30.3 Å². The molecule has 0 aliphatic carbocycles. The van der Waals surface area contributed by atoms with Crippen LogP contribution in [0.1, 0.15) is 23.0 Å². The first-order chi connectivity index (χ1) is 10.4. The van der Waals surface area contributed by atoms with E-state index in [-0.39, 0.29) is 23.7 Å². The summed E-state index contributed by atoms with van der Waals surface area (Å²) in [6.45, 7) is 3.56. The highest BCUT2D eigenvalue weighted by Crippen LogP contribution is 2.30. The molecular weight excluding hydrogens is 286 g/mol. The lowest BCUT2D eigenvalue weighted by atomic mass is 9.98. The van der Waals surface area contributed by atoms with Crippen molar-refractivity contribution >= 4 is 17.5 Å². The van der Waals surface area contributed by atoms with Crippen LogP contribution < -0.4 is 5.73 Å². The third-order valence-electron chi connectivity index (χ3n) is 3.07. The Morgan fingerprint density at radius 3 is 2.77 bits per heavy atom. The number of nitrogens with two attached hydrogens (primary N) is 1. The van der Waals surface area contributed by atoms with Crippen molar-refractivity contribution < 1.29 is 14.5 Å². The van der Waals surface area contributed by atoms with Gasteiger partial charge in [-0.3, -0.25) is 10.1 Å². The van der Waals surface area contributed by atoms with Crippen LogP contribution in [0.2, 0.25) is 0 Å². The van der Waals surface area contributed by atoms with Crippen LogP contribution in [0.5, 0.6) is 0 Å². The van der Waals surface area contributed by atoms with Gasteiger partial charge in [0.05, 0.1) is 22.8 Å². The van der Waals surface area contributed by atoms with Gasteiger partial charge in [-0.2, -0.15) is 0 Å².